The predicted molar refractivity (Wildman–Crippen MR) is 87.7 cm³/mol. The van der Waals surface area contributed by atoms with E-state index in [2.05, 4.69) is 51.8 Å². The maximum atomic E-state index is 8.74. The molecule has 0 aliphatic carbocycles. The van der Waals surface area contributed by atoms with Gasteiger partial charge in [-0.25, -0.2) is 4.98 Å². The number of anilines is 1. The van der Waals surface area contributed by atoms with E-state index in [1.54, 1.807) is 11.3 Å². The smallest absolute Gasteiger partial charge is 0.192 e. The van der Waals surface area contributed by atoms with Gasteiger partial charge in [-0.05, 0) is 25.1 Å². The molecule has 0 radical (unpaired) electrons. The number of hydrogen-bond donors (Lipinski definition) is 0. The maximum absolute atomic E-state index is 8.74. The first-order valence-corrected chi connectivity index (χ1v) is 10.5. The van der Waals surface area contributed by atoms with Crippen LogP contribution in [0.3, 0.4) is 0 Å². The van der Waals surface area contributed by atoms with Crippen LogP contribution in [0.15, 0.2) is 0 Å². The molecule has 0 fully saturated rings. The first-order chi connectivity index (χ1) is 9.08. The van der Waals surface area contributed by atoms with Crippen LogP contribution >= 0.6 is 11.3 Å². The largest absolute Gasteiger partial charge is 0.411 e. The Morgan fingerprint density at radius 1 is 1.40 bits per heavy atom. The van der Waals surface area contributed by atoms with Gasteiger partial charge in [0.15, 0.2) is 13.4 Å². The molecule has 1 heterocycles. The number of hydrogen-bond acceptors (Lipinski definition) is 5. The third-order valence-corrected chi connectivity index (χ3v) is 9.50. The van der Waals surface area contributed by atoms with Gasteiger partial charge in [-0.3, -0.25) is 0 Å². The number of nitrogens with zero attached hydrogens (tertiary/aromatic N) is 3. The van der Waals surface area contributed by atoms with Gasteiger partial charge in [0.05, 0.1) is 18.4 Å². The molecular formula is C14H25N3OSSi. The first-order valence-electron chi connectivity index (χ1n) is 6.77. The zero-order valence-electron chi connectivity index (χ0n) is 13.6. The molecule has 112 valence electrons. The summed E-state index contributed by atoms with van der Waals surface area (Å²) in [7, 11) is 0.144. The van der Waals surface area contributed by atoms with Crippen LogP contribution in [0.25, 0.3) is 0 Å². The summed E-state index contributed by atoms with van der Waals surface area (Å²) in [5.41, 5.74) is 1.000. The van der Waals surface area contributed by atoms with Crippen molar-refractivity contribution in [1.29, 1.82) is 5.26 Å². The molecule has 4 nitrogen and oxygen atoms in total. The predicted octanol–water partition coefficient (Wildman–Crippen LogP) is 3.93. The third-order valence-electron chi connectivity index (χ3n) is 3.89. The number of aryl methyl sites for hydroxylation is 1. The Morgan fingerprint density at radius 2 is 2.00 bits per heavy atom. The van der Waals surface area contributed by atoms with E-state index in [9.17, 15) is 0 Å². The highest BCUT2D eigenvalue weighted by Gasteiger charge is 2.37. The SMILES string of the molecule is Cc1sc(N(C)CC#N)nc1CO[Si](C)(C)C(C)(C)C. The Hall–Kier alpha value is -0.903. The van der Waals surface area contributed by atoms with E-state index in [4.69, 9.17) is 9.69 Å². The van der Waals surface area contributed by atoms with Crippen LogP contribution in [-0.4, -0.2) is 26.9 Å². The van der Waals surface area contributed by atoms with E-state index in [1.807, 2.05) is 11.9 Å². The lowest BCUT2D eigenvalue weighted by Crippen LogP contribution is -2.40. The Kier molecular flexibility index (Phi) is 5.36. The summed E-state index contributed by atoms with van der Waals surface area (Å²) >= 11 is 1.62. The average molecular weight is 312 g/mol. The van der Waals surface area contributed by atoms with Gasteiger partial charge in [-0.1, -0.05) is 20.8 Å². The van der Waals surface area contributed by atoms with Gasteiger partial charge in [0.25, 0.3) is 0 Å². The van der Waals surface area contributed by atoms with Crippen LogP contribution in [0.2, 0.25) is 18.1 Å². The van der Waals surface area contributed by atoms with Gasteiger partial charge in [0, 0.05) is 11.9 Å². The normalized spacial score (nSPS) is 12.3. The molecule has 0 bridgehead atoms. The minimum Gasteiger partial charge on any atom is -0.411 e. The maximum Gasteiger partial charge on any atom is 0.192 e. The first kappa shape index (κ1) is 17.1. The van der Waals surface area contributed by atoms with E-state index in [-0.39, 0.29) is 5.04 Å². The molecule has 0 saturated carbocycles. The molecule has 20 heavy (non-hydrogen) atoms. The second kappa shape index (κ2) is 6.25. The fraction of sp³-hybridized carbons (Fsp3) is 0.714. The van der Waals surface area contributed by atoms with Crippen LogP contribution < -0.4 is 4.90 Å². The molecule has 0 spiro atoms. The number of rotatable bonds is 5. The van der Waals surface area contributed by atoms with Crippen LogP contribution in [0, 0.1) is 18.3 Å². The zero-order chi connectivity index (χ0) is 15.6. The Bertz CT molecular complexity index is 499. The highest BCUT2D eigenvalue weighted by atomic mass is 32.1. The van der Waals surface area contributed by atoms with Gasteiger partial charge in [0.1, 0.15) is 6.54 Å². The molecule has 0 N–H and O–H groups in total. The van der Waals surface area contributed by atoms with Gasteiger partial charge < -0.3 is 9.33 Å². The minimum absolute atomic E-state index is 0.206. The standard InChI is InChI=1S/C14H25N3OSSi/c1-11-12(10-18-20(6,7)14(2,3)4)16-13(19-11)17(5)9-8-15/h9-10H2,1-7H3. The van der Waals surface area contributed by atoms with Gasteiger partial charge in [0.2, 0.25) is 0 Å². The van der Waals surface area contributed by atoms with Crippen molar-refractivity contribution in [2.45, 2.75) is 52.4 Å². The summed E-state index contributed by atoms with van der Waals surface area (Å²) in [6.45, 7) is 14.2. The van der Waals surface area contributed by atoms with Crippen molar-refractivity contribution in [2.24, 2.45) is 0 Å². The third kappa shape index (κ3) is 4.04. The molecule has 0 aliphatic heterocycles. The van der Waals surface area contributed by atoms with Gasteiger partial charge in [-0.2, -0.15) is 5.26 Å². The number of aromatic nitrogens is 1. The molecule has 1 aromatic rings. The summed E-state index contributed by atoms with van der Waals surface area (Å²) in [5, 5.41) is 9.83. The van der Waals surface area contributed by atoms with Gasteiger partial charge in [-0.15, -0.1) is 11.3 Å². The van der Waals surface area contributed by atoms with E-state index in [0.29, 0.717) is 13.2 Å². The second-order valence-electron chi connectivity index (χ2n) is 6.56. The lowest BCUT2D eigenvalue weighted by atomic mass is 10.2. The average Bonchev–Trinajstić information content (AvgIpc) is 2.67. The van der Waals surface area contributed by atoms with E-state index >= 15 is 0 Å². The topological polar surface area (TPSA) is 49.2 Å². The molecule has 6 heteroatoms. The summed E-state index contributed by atoms with van der Waals surface area (Å²) in [4.78, 5) is 7.64. The summed E-state index contributed by atoms with van der Waals surface area (Å²) in [6.07, 6.45) is 0. The number of thiazole rings is 1. The number of nitriles is 1. The van der Waals surface area contributed by atoms with Crippen molar-refractivity contribution in [1.82, 2.24) is 4.98 Å². The zero-order valence-corrected chi connectivity index (χ0v) is 15.4. The molecule has 0 aliphatic rings. The summed E-state index contributed by atoms with van der Waals surface area (Å²) < 4.78 is 6.21. The highest BCUT2D eigenvalue weighted by molar-refractivity contribution is 7.15. The molecule has 0 amide bonds. The van der Waals surface area contributed by atoms with E-state index in [1.165, 1.54) is 4.88 Å². The molecule has 0 unspecified atom stereocenters. The highest BCUT2D eigenvalue weighted by Crippen LogP contribution is 2.37. The van der Waals surface area contributed by atoms with Crippen LogP contribution in [0.5, 0.6) is 0 Å². The van der Waals surface area contributed by atoms with Crippen molar-refractivity contribution in [3.63, 3.8) is 0 Å². The Morgan fingerprint density at radius 3 is 2.50 bits per heavy atom. The quantitative estimate of drug-likeness (QED) is 0.610. The van der Waals surface area contributed by atoms with Crippen LogP contribution in [0.1, 0.15) is 31.3 Å². The molecule has 0 saturated heterocycles. The minimum atomic E-state index is -1.75. The summed E-state index contributed by atoms with van der Waals surface area (Å²) in [6, 6.07) is 2.14. The molecule has 1 aromatic heterocycles. The van der Waals surface area contributed by atoms with Crippen molar-refractivity contribution < 1.29 is 4.43 Å². The van der Waals surface area contributed by atoms with Gasteiger partial charge >= 0.3 is 0 Å². The van der Waals surface area contributed by atoms with Crippen molar-refractivity contribution in [3.05, 3.63) is 10.6 Å². The second-order valence-corrected chi connectivity index (χ2v) is 12.6. The van der Waals surface area contributed by atoms with Crippen molar-refractivity contribution in [2.75, 3.05) is 18.5 Å². The van der Waals surface area contributed by atoms with Crippen molar-refractivity contribution in [3.8, 4) is 6.07 Å². The molecule has 1 rings (SSSR count). The molecule has 0 aromatic carbocycles. The van der Waals surface area contributed by atoms with Crippen LogP contribution in [0.4, 0.5) is 5.13 Å². The molecule has 0 atom stereocenters. The van der Waals surface area contributed by atoms with Crippen LogP contribution in [-0.2, 0) is 11.0 Å². The Balaban J connectivity index is 2.78. The summed E-state index contributed by atoms with van der Waals surface area (Å²) in [5.74, 6) is 0. The Labute approximate surface area is 127 Å². The lowest BCUT2D eigenvalue weighted by Gasteiger charge is -2.36. The van der Waals surface area contributed by atoms with Crippen molar-refractivity contribution >= 4 is 24.8 Å². The van der Waals surface area contributed by atoms with E-state index in [0.717, 1.165) is 10.8 Å². The fourth-order valence-electron chi connectivity index (χ4n) is 1.35. The lowest BCUT2D eigenvalue weighted by molar-refractivity contribution is 0.272. The fourth-order valence-corrected chi connectivity index (χ4v) is 3.15. The molecular weight excluding hydrogens is 286 g/mol. The monoisotopic (exact) mass is 311 g/mol. The van der Waals surface area contributed by atoms with E-state index < -0.39 is 8.32 Å².